The predicted octanol–water partition coefficient (Wildman–Crippen LogP) is 4.66. The van der Waals surface area contributed by atoms with Crippen molar-refractivity contribution < 1.29 is 0 Å². The maximum absolute atomic E-state index is 4.99. The van der Waals surface area contributed by atoms with Crippen molar-refractivity contribution in [1.82, 2.24) is 9.97 Å². The first-order valence-electron chi connectivity index (χ1n) is 10.3. The van der Waals surface area contributed by atoms with Crippen LogP contribution in [0.2, 0.25) is 0 Å². The molecule has 4 nitrogen and oxygen atoms in total. The van der Waals surface area contributed by atoms with Crippen LogP contribution in [-0.2, 0) is 13.0 Å². The number of aromatic nitrogens is 2. The van der Waals surface area contributed by atoms with Gasteiger partial charge in [-0.15, -0.1) is 0 Å². The Morgan fingerprint density at radius 3 is 2.54 bits per heavy atom. The molecule has 3 aliphatic rings. The number of rotatable bonds is 4. The van der Waals surface area contributed by atoms with Crippen LogP contribution in [0.15, 0.2) is 30.3 Å². The first-order valence-corrected chi connectivity index (χ1v) is 10.3. The summed E-state index contributed by atoms with van der Waals surface area (Å²) < 4.78 is 0. The molecule has 4 heteroatoms. The van der Waals surface area contributed by atoms with E-state index in [1.807, 2.05) is 0 Å². The van der Waals surface area contributed by atoms with Crippen molar-refractivity contribution in [2.75, 3.05) is 10.2 Å². The van der Waals surface area contributed by atoms with Gasteiger partial charge in [-0.1, -0.05) is 37.1 Å². The molecule has 2 saturated carbocycles. The molecule has 2 aromatic rings. The molecule has 0 bridgehead atoms. The van der Waals surface area contributed by atoms with Gasteiger partial charge in [-0.2, -0.15) is 0 Å². The molecule has 0 radical (unpaired) electrons. The zero-order chi connectivity index (χ0) is 17.5. The van der Waals surface area contributed by atoms with Gasteiger partial charge in [0.15, 0.2) is 0 Å². The van der Waals surface area contributed by atoms with Gasteiger partial charge < -0.3 is 10.2 Å². The molecule has 1 aromatic heterocycles. The Hall–Kier alpha value is -2.10. The molecule has 0 saturated heterocycles. The summed E-state index contributed by atoms with van der Waals surface area (Å²) in [5, 5.41) is 3.70. The first kappa shape index (κ1) is 16.1. The van der Waals surface area contributed by atoms with Crippen LogP contribution in [-0.4, -0.2) is 22.1 Å². The molecule has 0 amide bonds. The molecule has 2 heterocycles. The van der Waals surface area contributed by atoms with Crippen LogP contribution in [0.3, 0.4) is 0 Å². The van der Waals surface area contributed by atoms with E-state index in [-0.39, 0.29) is 0 Å². The van der Waals surface area contributed by atoms with Gasteiger partial charge in [0.05, 0.1) is 0 Å². The lowest BCUT2D eigenvalue weighted by atomic mass is 9.95. The predicted molar refractivity (Wildman–Crippen MR) is 106 cm³/mol. The Bertz CT molecular complexity index is 792. The summed E-state index contributed by atoms with van der Waals surface area (Å²) in [6.45, 7) is 3.26. The molecule has 26 heavy (non-hydrogen) atoms. The molecule has 2 aliphatic carbocycles. The molecule has 1 aliphatic heterocycles. The normalized spacial score (nSPS) is 23.1. The minimum atomic E-state index is 0.464. The smallest absolute Gasteiger partial charge is 0.136 e. The number of anilines is 2. The van der Waals surface area contributed by atoms with Crippen molar-refractivity contribution in [3.63, 3.8) is 0 Å². The van der Waals surface area contributed by atoms with Gasteiger partial charge in [0.1, 0.15) is 17.5 Å². The fraction of sp³-hybridized carbons (Fsp3) is 0.545. The lowest BCUT2D eigenvalue weighted by molar-refractivity contribution is 0.584. The van der Waals surface area contributed by atoms with Crippen molar-refractivity contribution >= 4 is 11.6 Å². The highest BCUT2D eigenvalue weighted by molar-refractivity contribution is 5.53. The molecule has 5 rings (SSSR count). The Balaban J connectivity index is 1.46. The van der Waals surface area contributed by atoms with Gasteiger partial charge in [0, 0.05) is 30.6 Å². The van der Waals surface area contributed by atoms with Gasteiger partial charge >= 0.3 is 0 Å². The zero-order valence-electron chi connectivity index (χ0n) is 15.6. The summed E-state index contributed by atoms with van der Waals surface area (Å²) in [5.41, 5.74) is 2.92. The van der Waals surface area contributed by atoms with E-state index < -0.39 is 0 Å². The molecule has 1 atom stereocenters. The van der Waals surface area contributed by atoms with Crippen molar-refractivity contribution in [3.8, 4) is 0 Å². The third kappa shape index (κ3) is 3.17. The van der Waals surface area contributed by atoms with E-state index >= 15 is 0 Å². The maximum Gasteiger partial charge on any atom is 0.136 e. The maximum atomic E-state index is 4.99. The molecular weight excluding hydrogens is 320 g/mol. The van der Waals surface area contributed by atoms with Crippen LogP contribution >= 0.6 is 0 Å². The van der Waals surface area contributed by atoms with Crippen LogP contribution in [0.5, 0.6) is 0 Å². The third-order valence-electron chi connectivity index (χ3n) is 6.18. The summed E-state index contributed by atoms with van der Waals surface area (Å²) in [5.74, 6) is 3.76. The summed E-state index contributed by atoms with van der Waals surface area (Å²) >= 11 is 0. The standard InChI is InChI=1S/C22H28N4/c1-15-12-17-6-2-3-7-18(17)14-26(15)21-13-20(23-19-8-4-5-9-19)24-22(25-21)16-10-11-16/h2-3,6-7,13,15-16,19H,4-5,8-12,14H2,1H3,(H,23,24,25)/t15-/m0/s1. The molecule has 0 spiro atoms. The minimum Gasteiger partial charge on any atom is -0.367 e. The van der Waals surface area contributed by atoms with Gasteiger partial charge in [-0.3, -0.25) is 0 Å². The Kier molecular flexibility index (Phi) is 4.07. The SMILES string of the molecule is C[C@H]1Cc2ccccc2CN1c1cc(NC2CCCC2)nc(C2CC2)n1. The second-order valence-corrected chi connectivity index (χ2v) is 8.32. The molecule has 2 fully saturated rings. The van der Waals surface area contributed by atoms with Crippen LogP contribution in [0.1, 0.15) is 68.3 Å². The van der Waals surface area contributed by atoms with E-state index in [1.54, 1.807) is 0 Å². The van der Waals surface area contributed by atoms with E-state index in [1.165, 1.54) is 49.7 Å². The Labute approximate surface area is 156 Å². The average molecular weight is 348 g/mol. The number of nitrogens with one attached hydrogen (secondary N) is 1. The van der Waals surface area contributed by atoms with E-state index in [4.69, 9.17) is 9.97 Å². The van der Waals surface area contributed by atoms with E-state index in [2.05, 4.69) is 47.5 Å². The highest BCUT2D eigenvalue weighted by Gasteiger charge is 2.30. The third-order valence-corrected chi connectivity index (χ3v) is 6.18. The summed E-state index contributed by atoms with van der Waals surface area (Å²) in [6, 6.07) is 12.1. The topological polar surface area (TPSA) is 41.0 Å². The van der Waals surface area contributed by atoms with E-state index in [0.29, 0.717) is 18.0 Å². The average Bonchev–Trinajstić information content (AvgIpc) is 3.39. The van der Waals surface area contributed by atoms with Crippen LogP contribution in [0.25, 0.3) is 0 Å². The summed E-state index contributed by atoms with van der Waals surface area (Å²) in [7, 11) is 0. The van der Waals surface area contributed by atoms with Gasteiger partial charge in [-0.25, -0.2) is 9.97 Å². The second kappa shape index (κ2) is 6.57. The van der Waals surface area contributed by atoms with Crippen molar-refractivity contribution in [2.45, 2.75) is 76.4 Å². The van der Waals surface area contributed by atoms with Crippen molar-refractivity contribution in [1.29, 1.82) is 0 Å². The fourth-order valence-electron chi connectivity index (χ4n) is 4.46. The number of hydrogen-bond donors (Lipinski definition) is 1. The lowest BCUT2D eigenvalue weighted by Crippen LogP contribution is -2.39. The van der Waals surface area contributed by atoms with Crippen molar-refractivity contribution in [3.05, 3.63) is 47.3 Å². The first-order chi connectivity index (χ1) is 12.8. The van der Waals surface area contributed by atoms with Gasteiger partial charge in [0.25, 0.3) is 0 Å². The highest BCUT2D eigenvalue weighted by Crippen LogP contribution is 2.40. The Morgan fingerprint density at radius 1 is 1.00 bits per heavy atom. The number of benzene rings is 1. The van der Waals surface area contributed by atoms with E-state index in [9.17, 15) is 0 Å². The van der Waals surface area contributed by atoms with Crippen molar-refractivity contribution in [2.24, 2.45) is 0 Å². The summed E-state index contributed by atoms with van der Waals surface area (Å²) in [4.78, 5) is 12.3. The minimum absolute atomic E-state index is 0.464. The van der Waals surface area contributed by atoms with Crippen LogP contribution in [0.4, 0.5) is 11.6 Å². The molecular formula is C22H28N4. The number of hydrogen-bond acceptors (Lipinski definition) is 4. The zero-order valence-corrected chi connectivity index (χ0v) is 15.6. The monoisotopic (exact) mass is 348 g/mol. The lowest BCUT2D eigenvalue weighted by Gasteiger charge is -2.36. The number of fused-ring (bicyclic) bond motifs is 1. The fourth-order valence-corrected chi connectivity index (χ4v) is 4.46. The molecule has 136 valence electrons. The highest BCUT2D eigenvalue weighted by atomic mass is 15.2. The van der Waals surface area contributed by atoms with Crippen LogP contribution in [0, 0.1) is 0 Å². The Morgan fingerprint density at radius 2 is 1.77 bits per heavy atom. The van der Waals surface area contributed by atoms with Gasteiger partial charge in [-0.05, 0) is 50.2 Å². The molecule has 1 aromatic carbocycles. The van der Waals surface area contributed by atoms with Gasteiger partial charge in [0.2, 0.25) is 0 Å². The van der Waals surface area contributed by atoms with Crippen LogP contribution < -0.4 is 10.2 Å². The molecule has 1 N–H and O–H groups in total. The largest absolute Gasteiger partial charge is 0.367 e. The summed E-state index contributed by atoms with van der Waals surface area (Å²) in [6.07, 6.45) is 8.78. The van der Waals surface area contributed by atoms with E-state index in [0.717, 1.165) is 30.4 Å². The second-order valence-electron chi connectivity index (χ2n) is 8.32. The number of nitrogens with zero attached hydrogens (tertiary/aromatic N) is 3. The quantitative estimate of drug-likeness (QED) is 0.872. The molecule has 0 unspecified atom stereocenters.